The predicted molar refractivity (Wildman–Crippen MR) is 213 cm³/mol. The number of ether oxygens (including phenoxy) is 2. The van der Waals surface area contributed by atoms with Gasteiger partial charge in [0.2, 0.25) is 0 Å². The van der Waals surface area contributed by atoms with Crippen LogP contribution in [-0.4, -0.2) is 24.6 Å². The second kappa shape index (κ2) is 15.0. The van der Waals surface area contributed by atoms with Crippen LogP contribution in [0.4, 0.5) is 11.4 Å². The summed E-state index contributed by atoms with van der Waals surface area (Å²) < 4.78 is 11.4. The standard InChI is InChI=1S/C46H42N4O2/c1-3-51-41-27-23-35(24-28-41)43-31-45(49(47-43)39-11-7-5-8-12-39)37-19-15-33(16-20-37)34-17-21-38(22-18-34)46-32-44(36-25-29-42(30-26-36)52-4-2)48-50(46)40-13-9-6-10-14-40/h5-30,45-46H,3-4,31-32H2,1-2H3. The number of hydrogen-bond acceptors (Lipinski definition) is 6. The minimum absolute atomic E-state index is 0.0938. The summed E-state index contributed by atoms with van der Waals surface area (Å²) >= 11 is 0. The van der Waals surface area contributed by atoms with E-state index in [1.807, 2.05) is 50.2 Å². The fourth-order valence-corrected chi connectivity index (χ4v) is 7.14. The zero-order valence-corrected chi connectivity index (χ0v) is 29.6. The Kier molecular flexibility index (Phi) is 9.53. The van der Waals surface area contributed by atoms with Gasteiger partial charge < -0.3 is 9.47 Å². The SMILES string of the molecule is CCOc1ccc(C2=NN(c3ccccc3)C(c3ccc(-c4ccc(C5CC(c6ccc(OCC)cc6)=NN5c5ccccc5)cc4)cc3)C2)cc1. The molecule has 6 heteroatoms. The molecule has 0 spiro atoms. The van der Waals surface area contributed by atoms with Crippen molar-refractivity contribution in [1.29, 1.82) is 0 Å². The first-order valence-corrected chi connectivity index (χ1v) is 18.2. The average Bonchev–Trinajstić information content (AvgIpc) is 3.86. The lowest BCUT2D eigenvalue weighted by Gasteiger charge is -2.24. The Bertz CT molecular complexity index is 1990. The van der Waals surface area contributed by atoms with Crippen LogP contribution in [0.1, 0.15) is 61.0 Å². The molecule has 0 saturated carbocycles. The van der Waals surface area contributed by atoms with Crippen LogP contribution in [0, 0.1) is 0 Å². The summed E-state index contributed by atoms with van der Waals surface area (Å²) in [5.74, 6) is 1.76. The third-order valence-corrected chi connectivity index (χ3v) is 9.78. The lowest BCUT2D eigenvalue weighted by molar-refractivity contribution is 0.340. The zero-order chi connectivity index (χ0) is 35.3. The summed E-state index contributed by atoms with van der Waals surface area (Å²) in [7, 11) is 0. The number of benzene rings is 6. The van der Waals surface area contributed by atoms with Crippen LogP contribution in [0.2, 0.25) is 0 Å². The highest BCUT2D eigenvalue weighted by Gasteiger charge is 2.31. The molecule has 2 aliphatic heterocycles. The van der Waals surface area contributed by atoms with Crippen molar-refractivity contribution in [3.8, 4) is 22.6 Å². The molecule has 2 heterocycles. The van der Waals surface area contributed by atoms with Crippen molar-refractivity contribution in [3.63, 3.8) is 0 Å². The van der Waals surface area contributed by atoms with Crippen LogP contribution in [0.15, 0.2) is 168 Å². The summed E-state index contributed by atoms with van der Waals surface area (Å²) in [5, 5.41) is 14.6. The number of para-hydroxylation sites is 2. The molecule has 6 aromatic carbocycles. The van der Waals surface area contributed by atoms with Crippen LogP contribution in [0.25, 0.3) is 11.1 Å². The summed E-state index contributed by atoms with van der Waals surface area (Å²) in [6.45, 7) is 5.31. The maximum Gasteiger partial charge on any atom is 0.119 e. The molecule has 2 atom stereocenters. The van der Waals surface area contributed by atoms with E-state index in [-0.39, 0.29) is 12.1 Å². The van der Waals surface area contributed by atoms with Gasteiger partial charge >= 0.3 is 0 Å². The van der Waals surface area contributed by atoms with Gasteiger partial charge in [0.05, 0.1) is 48.1 Å². The Morgan fingerprint density at radius 3 is 1.13 bits per heavy atom. The van der Waals surface area contributed by atoms with E-state index in [0.29, 0.717) is 13.2 Å². The van der Waals surface area contributed by atoms with E-state index >= 15 is 0 Å². The Morgan fingerprint density at radius 2 is 0.788 bits per heavy atom. The van der Waals surface area contributed by atoms with Crippen molar-refractivity contribution >= 4 is 22.8 Å². The second-order valence-corrected chi connectivity index (χ2v) is 13.1. The molecule has 6 nitrogen and oxygen atoms in total. The smallest absolute Gasteiger partial charge is 0.119 e. The van der Waals surface area contributed by atoms with Crippen molar-refractivity contribution in [3.05, 3.63) is 180 Å². The Labute approximate surface area is 306 Å². The quantitative estimate of drug-likeness (QED) is 0.136. The minimum atomic E-state index is 0.0938. The third-order valence-electron chi connectivity index (χ3n) is 9.78. The van der Waals surface area contributed by atoms with E-state index in [4.69, 9.17) is 19.7 Å². The monoisotopic (exact) mass is 682 g/mol. The summed E-state index contributed by atoms with van der Waals surface area (Å²) in [5.41, 5.74) is 11.4. The highest BCUT2D eigenvalue weighted by molar-refractivity contribution is 6.04. The van der Waals surface area contributed by atoms with E-state index in [9.17, 15) is 0 Å². The summed E-state index contributed by atoms with van der Waals surface area (Å²) in [6.07, 6.45) is 1.63. The highest BCUT2D eigenvalue weighted by Crippen LogP contribution is 2.39. The van der Waals surface area contributed by atoms with Crippen LogP contribution >= 0.6 is 0 Å². The van der Waals surface area contributed by atoms with Crippen molar-refractivity contribution in [2.75, 3.05) is 23.2 Å². The Hall–Kier alpha value is -6.14. The molecule has 52 heavy (non-hydrogen) atoms. The molecular weight excluding hydrogens is 641 g/mol. The molecule has 0 saturated heterocycles. The molecule has 0 radical (unpaired) electrons. The van der Waals surface area contributed by atoms with Gasteiger partial charge in [0, 0.05) is 12.8 Å². The van der Waals surface area contributed by atoms with Gasteiger partial charge in [-0.05, 0) is 120 Å². The van der Waals surface area contributed by atoms with Crippen LogP contribution in [0.3, 0.4) is 0 Å². The van der Waals surface area contributed by atoms with Gasteiger partial charge in [-0.3, -0.25) is 10.0 Å². The van der Waals surface area contributed by atoms with E-state index in [1.54, 1.807) is 0 Å². The van der Waals surface area contributed by atoms with E-state index < -0.39 is 0 Å². The second-order valence-electron chi connectivity index (χ2n) is 13.1. The lowest BCUT2D eigenvalue weighted by atomic mass is 9.94. The Balaban J connectivity index is 1.02. The molecule has 0 aromatic heterocycles. The average molecular weight is 683 g/mol. The predicted octanol–water partition coefficient (Wildman–Crippen LogP) is 10.9. The number of rotatable bonds is 11. The van der Waals surface area contributed by atoms with E-state index in [0.717, 1.165) is 58.3 Å². The molecule has 0 N–H and O–H groups in total. The Morgan fingerprint density at radius 1 is 0.442 bits per heavy atom. The highest BCUT2D eigenvalue weighted by atomic mass is 16.5. The number of hydrogen-bond donors (Lipinski definition) is 0. The normalized spacial score (nSPS) is 16.8. The van der Waals surface area contributed by atoms with Crippen molar-refractivity contribution in [2.24, 2.45) is 10.2 Å². The largest absolute Gasteiger partial charge is 0.494 e. The van der Waals surface area contributed by atoms with E-state index in [1.165, 1.54) is 22.3 Å². The molecule has 0 fully saturated rings. The summed E-state index contributed by atoms with van der Waals surface area (Å²) in [6, 6.07) is 55.6. The van der Waals surface area contributed by atoms with Crippen molar-refractivity contribution < 1.29 is 9.47 Å². The van der Waals surface area contributed by atoms with Crippen LogP contribution in [-0.2, 0) is 0 Å². The maximum atomic E-state index is 5.68. The lowest BCUT2D eigenvalue weighted by Crippen LogP contribution is -2.18. The maximum absolute atomic E-state index is 5.68. The molecule has 6 aromatic rings. The molecule has 0 aliphatic carbocycles. The molecule has 8 rings (SSSR count). The van der Waals surface area contributed by atoms with Crippen LogP contribution in [0.5, 0.6) is 11.5 Å². The molecule has 0 amide bonds. The molecule has 2 unspecified atom stereocenters. The van der Waals surface area contributed by atoms with Gasteiger partial charge in [-0.25, -0.2) is 0 Å². The summed E-state index contributed by atoms with van der Waals surface area (Å²) in [4.78, 5) is 0. The first-order chi connectivity index (χ1) is 25.7. The molecular formula is C46H42N4O2. The van der Waals surface area contributed by atoms with Gasteiger partial charge in [0.1, 0.15) is 11.5 Å². The van der Waals surface area contributed by atoms with Crippen LogP contribution < -0.4 is 19.5 Å². The molecule has 2 aliphatic rings. The minimum Gasteiger partial charge on any atom is -0.494 e. The fourth-order valence-electron chi connectivity index (χ4n) is 7.14. The first kappa shape index (κ1) is 33.0. The van der Waals surface area contributed by atoms with Gasteiger partial charge in [0.15, 0.2) is 0 Å². The van der Waals surface area contributed by atoms with Gasteiger partial charge in [-0.2, -0.15) is 10.2 Å². The topological polar surface area (TPSA) is 49.7 Å². The van der Waals surface area contributed by atoms with E-state index in [2.05, 4.69) is 131 Å². The van der Waals surface area contributed by atoms with Gasteiger partial charge in [0.25, 0.3) is 0 Å². The van der Waals surface area contributed by atoms with Gasteiger partial charge in [-0.15, -0.1) is 0 Å². The number of anilines is 2. The fraction of sp³-hybridized carbons (Fsp3) is 0.174. The number of nitrogens with zero attached hydrogens (tertiary/aromatic N) is 4. The molecule has 258 valence electrons. The number of hydrazone groups is 2. The van der Waals surface area contributed by atoms with Gasteiger partial charge in [-0.1, -0.05) is 84.9 Å². The zero-order valence-electron chi connectivity index (χ0n) is 29.6. The third kappa shape index (κ3) is 6.93. The van der Waals surface area contributed by atoms with Crippen molar-refractivity contribution in [2.45, 2.75) is 38.8 Å². The van der Waals surface area contributed by atoms with Crippen molar-refractivity contribution in [1.82, 2.24) is 0 Å². The molecule has 0 bridgehead atoms. The first-order valence-electron chi connectivity index (χ1n) is 18.2.